The van der Waals surface area contributed by atoms with Gasteiger partial charge in [0.15, 0.2) is 5.69 Å². The lowest BCUT2D eigenvalue weighted by Gasteiger charge is -2.02. The average molecular weight is 181 g/mol. The minimum absolute atomic E-state index is 0.143. The van der Waals surface area contributed by atoms with Gasteiger partial charge in [0, 0.05) is 0 Å². The van der Waals surface area contributed by atoms with Crippen molar-refractivity contribution in [3.05, 3.63) is 17.6 Å². The van der Waals surface area contributed by atoms with Crippen LogP contribution in [0.2, 0.25) is 0 Å². The molecule has 0 spiro atoms. The summed E-state index contributed by atoms with van der Waals surface area (Å²) in [6, 6.07) is 0. The highest BCUT2D eigenvalue weighted by Crippen LogP contribution is 2.04. The monoisotopic (exact) mass is 181 g/mol. The van der Waals surface area contributed by atoms with Crippen LogP contribution in [0.3, 0.4) is 0 Å². The molecule has 0 aromatic carbocycles. The lowest BCUT2D eigenvalue weighted by Crippen LogP contribution is -2.10. The molecule has 1 heterocycles. The Hall–Kier alpha value is -1.65. The van der Waals surface area contributed by atoms with Crippen LogP contribution in [0.1, 0.15) is 23.1 Å². The SMILES string of the molecule is CCOC(=O)c1cnc(C)c(N)n1. The van der Waals surface area contributed by atoms with Crippen molar-refractivity contribution >= 4 is 11.8 Å². The summed E-state index contributed by atoms with van der Waals surface area (Å²) >= 11 is 0. The number of anilines is 1. The first-order valence-electron chi connectivity index (χ1n) is 3.91. The summed E-state index contributed by atoms with van der Waals surface area (Å²) in [7, 11) is 0. The fourth-order valence-corrected chi connectivity index (χ4v) is 0.767. The Balaban J connectivity index is 2.90. The molecule has 0 fully saturated rings. The number of rotatable bonds is 2. The Morgan fingerprint density at radius 1 is 1.69 bits per heavy atom. The molecule has 0 aliphatic carbocycles. The third kappa shape index (κ3) is 2.14. The standard InChI is InChI=1S/C8H11N3O2/c1-3-13-8(12)6-4-10-5(2)7(9)11-6/h4H,3H2,1-2H3,(H2,9,11). The minimum Gasteiger partial charge on any atom is -0.461 e. The van der Waals surface area contributed by atoms with Crippen LogP contribution in [0.4, 0.5) is 5.82 Å². The number of hydrogen-bond acceptors (Lipinski definition) is 5. The van der Waals surface area contributed by atoms with E-state index in [2.05, 4.69) is 9.97 Å². The molecule has 0 unspecified atom stereocenters. The van der Waals surface area contributed by atoms with E-state index in [0.717, 1.165) is 0 Å². The Labute approximate surface area is 75.9 Å². The van der Waals surface area contributed by atoms with Crippen molar-refractivity contribution in [2.75, 3.05) is 12.3 Å². The van der Waals surface area contributed by atoms with Crippen LogP contribution in [0.25, 0.3) is 0 Å². The van der Waals surface area contributed by atoms with Crippen LogP contribution in [0, 0.1) is 6.92 Å². The van der Waals surface area contributed by atoms with Crippen LogP contribution in [-0.4, -0.2) is 22.5 Å². The predicted molar refractivity (Wildman–Crippen MR) is 47.1 cm³/mol. The van der Waals surface area contributed by atoms with Crippen LogP contribution in [0.5, 0.6) is 0 Å². The summed E-state index contributed by atoms with van der Waals surface area (Å²) in [6.45, 7) is 3.76. The maximum atomic E-state index is 11.1. The first kappa shape index (κ1) is 9.44. The van der Waals surface area contributed by atoms with E-state index in [0.29, 0.717) is 12.3 Å². The van der Waals surface area contributed by atoms with Crippen molar-refractivity contribution < 1.29 is 9.53 Å². The highest BCUT2D eigenvalue weighted by Gasteiger charge is 2.09. The van der Waals surface area contributed by atoms with Crippen LogP contribution in [-0.2, 0) is 4.74 Å². The predicted octanol–water partition coefficient (Wildman–Crippen LogP) is 0.544. The Morgan fingerprint density at radius 3 is 2.92 bits per heavy atom. The van der Waals surface area contributed by atoms with Gasteiger partial charge in [0.1, 0.15) is 5.82 Å². The van der Waals surface area contributed by atoms with E-state index in [4.69, 9.17) is 10.5 Å². The number of nitrogens with two attached hydrogens (primary N) is 1. The number of hydrogen-bond donors (Lipinski definition) is 1. The number of nitrogens with zero attached hydrogens (tertiary/aromatic N) is 2. The smallest absolute Gasteiger partial charge is 0.358 e. The normalized spacial score (nSPS) is 9.69. The number of carbonyl (C=O) groups is 1. The molecule has 1 aromatic rings. The molecule has 1 rings (SSSR count). The van der Waals surface area contributed by atoms with Gasteiger partial charge in [-0.1, -0.05) is 0 Å². The Morgan fingerprint density at radius 2 is 2.38 bits per heavy atom. The van der Waals surface area contributed by atoms with E-state index in [-0.39, 0.29) is 11.5 Å². The second-order valence-electron chi connectivity index (χ2n) is 2.45. The first-order chi connectivity index (χ1) is 6.15. The Kier molecular flexibility index (Phi) is 2.79. The van der Waals surface area contributed by atoms with Crippen LogP contribution in [0.15, 0.2) is 6.20 Å². The van der Waals surface area contributed by atoms with E-state index >= 15 is 0 Å². The van der Waals surface area contributed by atoms with Gasteiger partial charge in [-0.05, 0) is 13.8 Å². The molecule has 0 atom stereocenters. The highest BCUT2D eigenvalue weighted by atomic mass is 16.5. The zero-order chi connectivity index (χ0) is 9.84. The van der Waals surface area contributed by atoms with E-state index in [1.54, 1.807) is 13.8 Å². The van der Waals surface area contributed by atoms with Gasteiger partial charge >= 0.3 is 5.97 Å². The molecule has 0 saturated heterocycles. The number of esters is 1. The largest absolute Gasteiger partial charge is 0.461 e. The summed E-state index contributed by atoms with van der Waals surface area (Å²) in [4.78, 5) is 18.9. The van der Waals surface area contributed by atoms with Crippen LogP contribution < -0.4 is 5.73 Å². The van der Waals surface area contributed by atoms with Crippen molar-refractivity contribution in [1.29, 1.82) is 0 Å². The number of aromatic nitrogens is 2. The van der Waals surface area contributed by atoms with Crippen LogP contribution >= 0.6 is 0 Å². The topological polar surface area (TPSA) is 78.1 Å². The molecule has 5 nitrogen and oxygen atoms in total. The van der Waals surface area contributed by atoms with Gasteiger partial charge in [0.2, 0.25) is 0 Å². The third-order valence-electron chi connectivity index (χ3n) is 1.48. The van der Waals surface area contributed by atoms with Gasteiger partial charge in [0.25, 0.3) is 0 Å². The molecule has 70 valence electrons. The third-order valence-corrected chi connectivity index (χ3v) is 1.48. The molecule has 0 bridgehead atoms. The fraction of sp³-hybridized carbons (Fsp3) is 0.375. The van der Waals surface area contributed by atoms with E-state index < -0.39 is 5.97 Å². The van der Waals surface area contributed by atoms with E-state index in [1.807, 2.05) is 0 Å². The van der Waals surface area contributed by atoms with Crippen molar-refractivity contribution in [1.82, 2.24) is 9.97 Å². The second kappa shape index (κ2) is 3.84. The number of ether oxygens (including phenoxy) is 1. The van der Waals surface area contributed by atoms with Crippen molar-refractivity contribution in [2.45, 2.75) is 13.8 Å². The molecular weight excluding hydrogens is 170 g/mol. The molecule has 1 aromatic heterocycles. The van der Waals surface area contributed by atoms with Gasteiger partial charge in [-0.2, -0.15) is 0 Å². The maximum Gasteiger partial charge on any atom is 0.358 e. The summed E-state index contributed by atoms with van der Waals surface area (Å²) in [5, 5.41) is 0. The van der Waals surface area contributed by atoms with Crippen molar-refractivity contribution in [3.8, 4) is 0 Å². The van der Waals surface area contributed by atoms with Crippen molar-refractivity contribution in [2.24, 2.45) is 0 Å². The molecular formula is C8H11N3O2. The molecule has 5 heteroatoms. The van der Waals surface area contributed by atoms with Crippen molar-refractivity contribution in [3.63, 3.8) is 0 Å². The molecule has 0 radical (unpaired) electrons. The molecule has 0 amide bonds. The fourth-order valence-electron chi connectivity index (χ4n) is 0.767. The highest BCUT2D eigenvalue weighted by molar-refractivity contribution is 5.87. The first-order valence-corrected chi connectivity index (χ1v) is 3.91. The van der Waals surface area contributed by atoms with Gasteiger partial charge in [-0.3, -0.25) is 4.98 Å². The zero-order valence-corrected chi connectivity index (χ0v) is 7.57. The van der Waals surface area contributed by atoms with E-state index in [9.17, 15) is 4.79 Å². The minimum atomic E-state index is -0.498. The summed E-state index contributed by atoms with van der Waals surface area (Å²) < 4.78 is 4.73. The Bertz CT molecular complexity index is 325. The number of aryl methyl sites for hydroxylation is 1. The number of carbonyl (C=O) groups excluding carboxylic acids is 1. The van der Waals surface area contributed by atoms with Gasteiger partial charge in [-0.15, -0.1) is 0 Å². The molecule has 13 heavy (non-hydrogen) atoms. The average Bonchev–Trinajstić information content (AvgIpc) is 2.10. The molecule has 0 aliphatic rings. The lowest BCUT2D eigenvalue weighted by atomic mass is 10.4. The number of nitrogen functional groups attached to an aromatic ring is 1. The summed E-state index contributed by atoms with van der Waals surface area (Å²) in [5.41, 5.74) is 6.22. The zero-order valence-electron chi connectivity index (χ0n) is 7.57. The van der Waals surface area contributed by atoms with Gasteiger partial charge < -0.3 is 10.5 Å². The van der Waals surface area contributed by atoms with Gasteiger partial charge in [-0.25, -0.2) is 9.78 Å². The molecule has 0 aliphatic heterocycles. The quantitative estimate of drug-likeness (QED) is 0.674. The second-order valence-corrected chi connectivity index (χ2v) is 2.45. The van der Waals surface area contributed by atoms with Gasteiger partial charge in [0.05, 0.1) is 18.5 Å². The summed E-state index contributed by atoms with van der Waals surface area (Å²) in [6.07, 6.45) is 1.35. The molecule has 0 saturated carbocycles. The summed E-state index contributed by atoms with van der Waals surface area (Å²) in [5.74, 6) is -0.243. The molecule has 2 N–H and O–H groups in total. The lowest BCUT2D eigenvalue weighted by molar-refractivity contribution is 0.0519. The van der Waals surface area contributed by atoms with E-state index in [1.165, 1.54) is 6.20 Å². The maximum absolute atomic E-state index is 11.1.